The molecule has 21 heavy (non-hydrogen) atoms. The Balaban J connectivity index is 2.33. The SMILES string of the molecule is C#CCOc1ccc2ccccc2c1CN[C@H](CC)CO. The Hall–Kier alpha value is -2.02. The fourth-order valence-electron chi connectivity index (χ4n) is 2.34. The summed E-state index contributed by atoms with van der Waals surface area (Å²) in [5.41, 5.74) is 1.08. The normalized spacial score (nSPS) is 12.0. The van der Waals surface area contributed by atoms with Crippen molar-refractivity contribution in [3.8, 4) is 18.1 Å². The monoisotopic (exact) mass is 283 g/mol. The van der Waals surface area contributed by atoms with Gasteiger partial charge < -0.3 is 15.2 Å². The van der Waals surface area contributed by atoms with Crippen LogP contribution in [0.2, 0.25) is 0 Å². The van der Waals surface area contributed by atoms with Crippen LogP contribution in [-0.4, -0.2) is 24.4 Å². The molecule has 3 nitrogen and oxygen atoms in total. The van der Waals surface area contributed by atoms with Crippen LogP contribution in [0.3, 0.4) is 0 Å². The highest BCUT2D eigenvalue weighted by molar-refractivity contribution is 5.87. The number of fused-ring (bicyclic) bond motifs is 1. The molecule has 2 N–H and O–H groups in total. The minimum atomic E-state index is 0.0875. The van der Waals surface area contributed by atoms with Gasteiger partial charge in [-0.3, -0.25) is 0 Å². The standard InChI is InChI=1S/C18H21NO2/c1-3-11-21-18-10-9-14-7-5-6-8-16(14)17(18)12-19-15(4-2)13-20/h1,5-10,15,19-20H,4,11-13H2,2H3/t15-/m1/s1. The molecule has 0 aromatic heterocycles. The lowest BCUT2D eigenvalue weighted by Crippen LogP contribution is -2.31. The molecule has 2 rings (SSSR count). The Kier molecular flexibility index (Phi) is 5.62. The molecule has 110 valence electrons. The molecule has 0 fully saturated rings. The van der Waals surface area contributed by atoms with Crippen molar-refractivity contribution in [3.63, 3.8) is 0 Å². The lowest BCUT2D eigenvalue weighted by Gasteiger charge is -2.17. The van der Waals surface area contributed by atoms with Gasteiger partial charge in [0.25, 0.3) is 0 Å². The first kappa shape index (κ1) is 15.4. The Morgan fingerprint density at radius 2 is 2.10 bits per heavy atom. The first-order valence-electron chi connectivity index (χ1n) is 7.21. The average Bonchev–Trinajstić information content (AvgIpc) is 2.54. The molecule has 0 spiro atoms. The predicted octanol–water partition coefficient (Wildman–Crippen LogP) is 2.71. The molecular formula is C18H21NO2. The Morgan fingerprint density at radius 1 is 1.29 bits per heavy atom. The van der Waals surface area contributed by atoms with E-state index in [0.717, 1.165) is 23.1 Å². The van der Waals surface area contributed by atoms with E-state index in [1.54, 1.807) is 0 Å². The van der Waals surface area contributed by atoms with Crippen molar-refractivity contribution in [2.24, 2.45) is 0 Å². The third-order valence-electron chi connectivity index (χ3n) is 3.59. The fraction of sp³-hybridized carbons (Fsp3) is 0.333. The van der Waals surface area contributed by atoms with Gasteiger partial charge in [0, 0.05) is 18.2 Å². The van der Waals surface area contributed by atoms with Gasteiger partial charge >= 0.3 is 0 Å². The van der Waals surface area contributed by atoms with E-state index in [-0.39, 0.29) is 19.3 Å². The number of aliphatic hydroxyl groups excluding tert-OH is 1. The topological polar surface area (TPSA) is 41.5 Å². The van der Waals surface area contributed by atoms with Crippen molar-refractivity contribution in [1.29, 1.82) is 0 Å². The third kappa shape index (κ3) is 3.75. The molecule has 0 aliphatic heterocycles. The zero-order valence-electron chi connectivity index (χ0n) is 12.3. The highest BCUT2D eigenvalue weighted by Gasteiger charge is 2.11. The van der Waals surface area contributed by atoms with Crippen LogP contribution in [0.1, 0.15) is 18.9 Å². The second-order valence-corrected chi connectivity index (χ2v) is 4.92. The van der Waals surface area contributed by atoms with E-state index >= 15 is 0 Å². The Morgan fingerprint density at radius 3 is 2.81 bits per heavy atom. The van der Waals surface area contributed by atoms with Gasteiger partial charge in [0.2, 0.25) is 0 Å². The van der Waals surface area contributed by atoms with Crippen molar-refractivity contribution >= 4 is 10.8 Å². The van der Waals surface area contributed by atoms with Gasteiger partial charge in [-0.2, -0.15) is 0 Å². The minimum Gasteiger partial charge on any atom is -0.481 e. The van der Waals surface area contributed by atoms with Gasteiger partial charge in [-0.05, 0) is 23.3 Å². The molecule has 0 bridgehead atoms. The fourth-order valence-corrected chi connectivity index (χ4v) is 2.34. The quantitative estimate of drug-likeness (QED) is 0.768. The molecule has 2 aromatic carbocycles. The van der Waals surface area contributed by atoms with E-state index in [4.69, 9.17) is 11.2 Å². The van der Waals surface area contributed by atoms with Crippen molar-refractivity contribution in [2.75, 3.05) is 13.2 Å². The second-order valence-electron chi connectivity index (χ2n) is 4.92. The molecule has 0 aliphatic rings. The van der Waals surface area contributed by atoms with Crippen LogP contribution in [0, 0.1) is 12.3 Å². The van der Waals surface area contributed by atoms with Crippen LogP contribution >= 0.6 is 0 Å². The lowest BCUT2D eigenvalue weighted by atomic mass is 10.0. The summed E-state index contributed by atoms with van der Waals surface area (Å²) in [6.07, 6.45) is 6.16. The number of hydrogen-bond donors (Lipinski definition) is 2. The van der Waals surface area contributed by atoms with Gasteiger partial charge in [0.05, 0.1) is 6.61 Å². The van der Waals surface area contributed by atoms with E-state index in [9.17, 15) is 5.11 Å². The maximum absolute atomic E-state index is 9.31. The second kappa shape index (κ2) is 7.68. The molecule has 0 heterocycles. The van der Waals surface area contributed by atoms with Gasteiger partial charge in [0.1, 0.15) is 12.4 Å². The highest BCUT2D eigenvalue weighted by atomic mass is 16.5. The van der Waals surface area contributed by atoms with Crippen molar-refractivity contribution in [2.45, 2.75) is 25.9 Å². The first-order valence-corrected chi connectivity index (χ1v) is 7.21. The predicted molar refractivity (Wildman–Crippen MR) is 86.3 cm³/mol. The first-order chi connectivity index (χ1) is 10.3. The summed E-state index contributed by atoms with van der Waals surface area (Å²) >= 11 is 0. The summed E-state index contributed by atoms with van der Waals surface area (Å²) in [6.45, 7) is 3.07. The summed E-state index contributed by atoms with van der Waals surface area (Å²) in [5.74, 6) is 3.29. The largest absolute Gasteiger partial charge is 0.481 e. The van der Waals surface area contributed by atoms with E-state index in [1.807, 2.05) is 31.2 Å². The van der Waals surface area contributed by atoms with Crippen LogP contribution in [0.4, 0.5) is 0 Å². The van der Waals surface area contributed by atoms with Crippen LogP contribution in [0.15, 0.2) is 36.4 Å². The number of terminal acetylenes is 1. The van der Waals surface area contributed by atoms with Crippen LogP contribution in [0.25, 0.3) is 10.8 Å². The molecule has 0 saturated heterocycles. The van der Waals surface area contributed by atoms with Crippen LogP contribution < -0.4 is 10.1 Å². The molecule has 1 atom stereocenters. The van der Waals surface area contributed by atoms with Gasteiger partial charge in [-0.1, -0.05) is 43.2 Å². The third-order valence-corrected chi connectivity index (χ3v) is 3.59. The number of hydrogen-bond acceptors (Lipinski definition) is 3. The molecule has 0 saturated carbocycles. The molecule has 3 heteroatoms. The van der Waals surface area contributed by atoms with E-state index in [0.29, 0.717) is 6.54 Å². The number of rotatable bonds is 7. The zero-order chi connectivity index (χ0) is 15.1. The number of ether oxygens (including phenoxy) is 1. The molecule has 0 amide bonds. The van der Waals surface area contributed by atoms with Crippen molar-refractivity contribution in [1.82, 2.24) is 5.32 Å². The van der Waals surface area contributed by atoms with Crippen LogP contribution in [-0.2, 0) is 6.54 Å². The van der Waals surface area contributed by atoms with E-state index in [1.165, 1.54) is 5.39 Å². The molecule has 0 aliphatic carbocycles. The molecular weight excluding hydrogens is 262 g/mol. The maximum atomic E-state index is 9.31. The van der Waals surface area contributed by atoms with Crippen LogP contribution in [0.5, 0.6) is 5.75 Å². The zero-order valence-corrected chi connectivity index (χ0v) is 12.3. The lowest BCUT2D eigenvalue weighted by molar-refractivity contribution is 0.238. The van der Waals surface area contributed by atoms with Gasteiger partial charge in [0.15, 0.2) is 0 Å². The molecule has 2 aromatic rings. The molecule has 0 radical (unpaired) electrons. The summed E-state index contributed by atoms with van der Waals surface area (Å²) < 4.78 is 5.66. The van der Waals surface area contributed by atoms with E-state index in [2.05, 4.69) is 23.4 Å². The number of nitrogens with one attached hydrogen (secondary N) is 1. The van der Waals surface area contributed by atoms with Crippen molar-refractivity contribution in [3.05, 3.63) is 42.0 Å². The minimum absolute atomic E-state index is 0.0875. The summed E-state index contributed by atoms with van der Waals surface area (Å²) in [6, 6.07) is 12.3. The van der Waals surface area contributed by atoms with Gasteiger partial charge in [-0.15, -0.1) is 6.42 Å². The molecule has 0 unspecified atom stereocenters. The summed E-state index contributed by atoms with van der Waals surface area (Å²) in [7, 11) is 0. The van der Waals surface area contributed by atoms with Gasteiger partial charge in [-0.25, -0.2) is 0 Å². The Bertz CT molecular complexity index is 627. The smallest absolute Gasteiger partial charge is 0.148 e. The Labute approximate surface area is 125 Å². The number of aliphatic hydroxyl groups is 1. The summed E-state index contributed by atoms with van der Waals surface area (Å²) in [4.78, 5) is 0. The maximum Gasteiger partial charge on any atom is 0.148 e. The van der Waals surface area contributed by atoms with Crippen molar-refractivity contribution < 1.29 is 9.84 Å². The average molecular weight is 283 g/mol. The highest BCUT2D eigenvalue weighted by Crippen LogP contribution is 2.28. The van der Waals surface area contributed by atoms with E-state index < -0.39 is 0 Å². The number of benzene rings is 2. The summed E-state index contributed by atoms with van der Waals surface area (Å²) in [5, 5.41) is 15.0.